The summed E-state index contributed by atoms with van der Waals surface area (Å²) < 4.78 is 31.7. The number of sulfonamides is 1. The van der Waals surface area contributed by atoms with E-state index in [9.17, 15) is 18.0 Å². The van der Waals surface area contributed by atoms with E-state index in [1.807, 2.05) is 12.1 Å². The zero-order valence-corrected chi connectivity index (χ0v) is 19.8. The first kappa shape index (κ1) is 25.4. The topological polar surface area (TPSA) is 96.0 Å². The van der Waals surface area contributed by atoms with Gasteiger partial charge in [-0.15, -0.1) is 0 Å². The zero-order valence-electron chi connectivity index (χ0n) is 19.0. The van der Waals surface area contributed by atoms with E-state index in [4.69, 9.17) is 4.74 Å². The summed E-state index contributed by atoms with van der Waals surface area (Å²) in [6.45, 7) is 9.57. The third-order valence-corrected chi connectivity index (χ3v) is 7.07. The Morgan fingerprint density at radius 3 is 2.09 bits per heavy atom. The average molecular weight is 462 g/mol. The third-order valence-electron chi connectivity index (χ3n) is 5.03. The Kier molecular flexibility index (Phi) is 9.22. The van der Waals surface area contributed by atoms with Crippen LogP contribution in [0.15, 0.2) is 53.4 Å². The van der Waals surface area contributed by atoms with Crippen molar-refractivity contribution in [2.75, 3.05) is 43.0 Å². The molecule has 0 heterocycles. The van der Waals surface area contributed by atoms with Gasteiger partial charge in [0.15, 0.2) is 6.61 Å². The normalized spacial score (nSPS) is 11.3. The molecule has 0 aromatic heterocycles. The highest BCUT2D eigenvalue weighted by Crippen LogP contribution is 2.20. The Balaban J connectivity index is 1.98. The van der Waals surface area contributed by atoms with Crippen molar-refractivity contribution in [1.29, 1.82) is 0 Å². The molecule has 0 atom stereocenters. The number of amides is 1. The van der Waals surface area contributed by atoms with Gasteiger partial charge in [-0.3, -0.25) is 4.79 Å². The summed E-state index contributed by atoms with van der Waals surface area (Å²) in [5.74, 6) is -1.17. The monoisotopic (exact) mass is 461 g/mol. The Morgan fingerprint density at radius 2 is 1.53 bits per heavy atom. The van der Waals surface area contributed by atoms with Crippen LogP contribution in [0.5, 0.6) is 0 Å². The van der Waals surface area contributed by atoms with Gasteiger partial charge >= 0.3 is 5.97 Å². The molecule has 32 heavy (non-hydrogen) atoms. The maximum atomic E-state index is 12.6. The highest BCUT2D eigenvalue weighted by molar-refractivity contribution is 7.89. The number of anilines is 2. The van der Waals surface area contributed by atoms with Crippen LogP contribution in [0.2, 0.25) is 0 Å². The van der Waals surface area contributed by atoms with Gasteiger partial charge in [0.1, 0.15) is 0 Å². The van der Waals surface area contributed by atoms with Crippen molar-refractivity contribution >= 4 is 33.3 Å². The molecule has 0 aliphatic carbocycles. The summed E-state index contributed by atoms with van der Waals surface area (Å²) in [5.41, 5.74) is 1.66. The summed E-state index contributed by atoms with van der Waals surface area (Å²) in [6, 6.07) is 13.0. The van der Waals surface area contributed by atoms with Crippen molar-refractivity contribution in [2.45, 2.75) is 32.6 Å². The largest absolute Gasteiger partial charge is 0.452 e. The van der Waals surface area contributed by atoms with E-state index >= 15 is 0 Å². The van der Waals surface area contributed by atoms with Gasteiger partial charge in [-0.25, -0.2) is 13.2 Å². The standard InChI is InChI=1S/C23H31N3O5S/c1-5-25(6-2)20-14-12-18(13-15-20)23(28)31-17-22(27)24-19-10-9-11-21(16-19)32(29,30)26(7-3)8-4/h9-16H,5-8,17H2,1-4H3,(H,24,27). The molecule has 174 valence electrons. The van der Waals surface area contributed by atoms with E-state index in [1.54, 1.807) is 38.1 Å². The molecule has 0 unspecified atom stereocenters. The minimum Gasteiger partial charge on any atom is -0.452 e. The molecule has 2 rings (SSSR count). The minimum absolute atomic E-state index is 0.0873. The number of hydrogen-bond acceptors (Lipinski definition) is 6. The molecule has 0 saturated heterocycles. The molecule has 1 N–H and O–H groups in total. The molecule has 0 bridgehead atoms. The smallest absolute Gasteiger partial charge is 0.338 e. The quantitative estimate of drug-likeness (QED) is 0.516. The number of ether oxygens (including phenoxy) is 1. The van der Waals surface area contributed by atoms with Crippen LogP contribution >= 0.6 is 0 Å². The molecular weight excluding hydrogens is 430 g/mol. The molecule has 0 spiro atoms. The van der Waals surface area contributed by atoms with Crippen molar-refractivity contribution in [3.8, 4) is 0 Å². The predicted octanol–water partition coefficient (Wildman–Crippen LogP) is 3.36. The van der Waals surface area contributed by atoms with Crippen molar-refractivity contribution in [3.63, 3.8) is 0 Å². The van der Waals surface area contributed by atoms with Gasteiger partial charge < -0.3 is 15.0 Å². The van der Waals surface area contributed by atoms with Crippen LogP contribution in [0.25, 0.3) is 0 Å². The zero-order chi connectivity index (χ0) is 23.7. The maximum Gasteiger partial charge on any atom is 0.338 e. The van der Waals surface area contributed by atoms with Crippen LogP contribution in [0.4, 0.5) is 11.4 Å². The number of nitrogens with one attached hydrogen (secondary N) is 1. The van der Waals surface area contributed by atoms with Gasteiger partial charge in [-0.2, -0.15) is 4.31 Å². The van der Waals surface area contributed by atoms with Crippen molar-refractivity contribution in [1.82, 2.24) is 4.31 Å². The number of nitrogens with zero attached hydrogens (tertiary/aromatic N) is 2. The van der Waals surface area contributed by atoms with Crippen molar-refractivity contribution < 1.29 is 22.7 Å². The third kappa shape index (κ3) is 6.30. The number of carbonyl (C=O) groups excluding carboxylic acids is 2. The molecule has 0 aliphatic rings. The van der Waals surface area contributed by atoms with Crippen LogP contribution in [-0.2, 0) is 19.6 Å². The first-order chi connectivity index (χ1) is 15.3. The second-order valence-corrected chi connectivity index (χ2v) is 8.90. The van der Waals surface area contributed by atoms with E-state index in [0.29, 0.717) is 24.3 Å². The molecule has 8 nitrogen and oxygen atoms in total. The van der Waals surface area contributed by atoms with Gasteiger partial charge in [0.25, 0.3) is 5.91 Å². The Hall–Kier alpha value is -2.91. The van der Waals surface area contributed by atoms with Gasteiger partial charge in [0.2, 0.25) is 10.0 Å². The second-order valence-electron chi connectivity index (χ2n) is 6.96. The van der Waals surface area contributed by atoms with Gasteiger partial charge in [-0.05, 0) is 56.3 Å². The number of benzene rings is 2. The Morgan fingerprint density at radius 1 is 0.906 bits per heavy atom. The first-order valence-electron chi connectivity index (χ1n) is 10.7. The lowest BCUT2D eigenvalue weighted by Gasteiger charge is -2.20. The number of esters is 1. The summed E-state index contributed by atoms with van der Waals surface area (Å²) in [6.07, 6.45) is 0. The van der Waals surface area contributed by atoms with E-state index < -0.39 is 28.5 Å². The van der Waals surface area contributed by atoms with Gasteiger partial charge in [-0.1, -0.05) is 19.9 Å². The number of carbonyl (C=O) groups is 2. The Bertz CT molecular complexity index is 1010. The maximum absolute atomic E-state index is 12.6. The lowest BCUT2D eigenvalue weighted by molar-refractivity contribution is -0.119. The summed E-state index contributed by atoms with van der Waals surface area (Å²) >= 11 is 0. The van der Waals surface area contributed by atoms with Crippen LogP contribution in [0, 0.1) is 0 Å². The lowest BCUT2D eigenvalue weighted by Crippen LogP contribution is -2.30. The van der Waals surface area contributed by atoms with Crippen LogP contribution in [0.3, 0.4) is 0 Å². The summed E-state index contributed by atoms with van der Waals surface area (Å²) in [4.78, 5) is 26.7. The Labute approximate surface area is 190 Å². The molecule has 0 saturated carbocycles. The first-order valence-corrected chi connectivity index (χ1v) is 12.1. The molecule has 0 radical (unpaired) electrons. The lowest BCUT2D eigenvalue weighted by atomic mass is 10.2. The van der Waals surface area contributed by atoms with Crippen LogP contribution in [-0.4, -0.2) is 57.4 Å². The SMILES string of the molecule is CCN(CC)c1ccc(C(=O)OCC(=O)Nc2cccc(S(=O)(=O)N(CC)CC)c2)cc1. The highest BCUT2D eigenvalue weighted by atomic mass is 32.2. The van der Waals surface area contributed by atoms with E-state index in [-0.39, 0.29) is 4.90 Å². The predicted molar refractivity (Wildman–Crippen MR) is 125 cm³/mol. The fourth-order valence-corrected chi connectivity index (χ4v) is 4.76. The molecule has 9 heteroatoms. The molecular formula is C23H31N3O5S. The number of hydrogen-bond donors (Lipinski definition) is 1. The molecule has 2 aromatic rings. The highest BCUT2D eigenvalue weighted by Gasteiger charge is 2.22. The van der Waals surface area contributed by atoms with Crippen molar-refractivity contribution in [2.24, 2.45) is 0 Å². The van der Waals surface area contributed by atoms with E-state index in [0.717, 1.165) is 18.8 Å². The molecule has 1 amide bonds. The van der Waals surface area contributed by atoms with Gasteiger partial charge in [0.05, 0.1) is 10.5 Å². The molecule has 0 aliphatic heterocycles. The fraction of sp³-hybridized carbons (Fsp3) is 0.391. The van der Waals surface area contributed by atoms with Crippen LogP contribution < -0.4 is 10.2 Å². The molecule has 2 aromatic carbocycles. The molecule has 0 fully saturated rings. The fourth-order valence-electron chi connectivity index (χ4n) is 3.26. The van der Waals surface area contributed by atoms with Gasteiger partial charge in [0, 0.05) is 37.6 Å². The number of rotatable bonds is 11. The summed E-state index contributed by atoms with van der Waals surface area (Å²) in [5, 5.41) is 2.57. The minimum atomic E-state index is -3.64. The van der Waals surface area contributed by atoms with Crippen molar-refractivity contribution in [3.05, 3.63) is 54.1 Å². The van der Waals surface area contributed by atoms with E-state index in [1.165, 1.54) is 16.4 Å². The average Bonchev–Trinajstić information content (AvgIpc) is 2.79. The van der Waals surface area contributed by atoms with Crippen LogP contribution in [0.1, 0.15) is 38.1 Å². The summed E-state index contributed by atoms with van der Waals surface area (Å²) in [7, 11) is -3.64. The second kappa shape index (κ2) is 11.6. The van der Waals surface area contributed by atoms with E-state index in [2.05, 4.69) is 24.1 Å².